The van der Waals surface area contributed by atoms with Gasteiger partial charge in [-0.3, -0.25) is 9.36 Å². The van der Waals surface area contributed by atoms with Gasteiger partial charge in [-0.25, -0.2) is 0 Å². The number of carbonyl (C=O) groups is 1. The summed E-state index contributed by atoms with van der Waals surface area (Å²) in [5, 5.41) is 10.8. The number of rotatable bonds is 4. The lowest BCUT2D eigenvalue weighted by Crippen LogP contribution is -2.48. The van der Waals surface area contributed by atoms with Crippen LogP contribution in [0.1, 0.15) is 36.0 Å². The smallest absolute Gasteiger partial charge is 0.251 e. The van der Waals surface area contributed by atoms with Crippen LogP contribution < -0.4 is 5.32 Å². The first-order valence-corrected chi connectivity index (χ1v) is 10.5. The number of carbonyl (C=O) groups excluding carboxylic acids is 1. The van der Waals surface area contributed by atoms with Crippen LogP contribution in [0.5, 0.6) is 0 Å². The average Bonchev–Trinajstić information content (AvgIpc) is 3.24. The van der Waals surface area contributed by atoms with Crippen molar-refractivity contribution in [3.8, 4) is 5.69 Å². The Hall–Kier alpha value is -1.86. The molecule has 4 rings (SSSR count). The van der Waals surface area contributed by atoms with E-state index in [1.54, 1.807) is 12.7 Å². The fourth-order valence-corrected chi connectivity index (χ4v) is 4.93. The highest BCUT2D eigenvalue weighted by Crippen LogP contribution is 2.24. The van der Waals surface area contributed by atoms with E-state index < -0.39 is 0 Å². The average molecular weight is 372 g/mol. The monoisotopic (exact) mass is 371 g/mol. The molecule has 0 aliphatic carbocycles. The molecule has 26 heavy (non-hydrogen) atoms. The number of hydrogen-bond acceptors (Lipinski definition) is 5. The van der Waals surface area contributed by atoms with Crippen molar-refractivity contribution in [3.63, 3.8) is 0 Å². The summed E-state index contributed by atoms with van der Waals surface area (Å²) in [5.74, 6) is 2.62. The number of amides is 1. The predicted octanol–water partition coefficient (Wildman–Crippen LogP) is 2.36. The van der Waals surface area contributed by atoms with Gasteiger partial charge < -0.3 is 10.2 Å². The van der Waals surface area contributed by atoms with Crippen molar-refractivity contribution in [1.29, 1.82) is 0 Å². The van der Waals surface area contributed by atoms with E-state index in [1.165, 1.54) is 24.3 Å². The molecule has 1 aromatic heterocycles. The van der Waals surface area contributed by atoms with Crippen molar-refractivity contribution in [1.82, 2.24) is 25.0 Å². The van der Waals surface area contributed by atoms with Crippen LogP contribution >= 0.6 is 11.8 Å². The number of likely N-dealkylation sites (tertiary alicyclic amines) is 1. The van der Waals surface area contributed by atoms with Gasteiger partial charge in [-0.15, -0.1) is 10.2 Å². The minimum absolute atomic E-state index is 0.0211. The summed E-state index contributed by atoms with van der Waals surface area (Å²) >= 11 is 2.08. The summed E-state index contributed by atoms with van der Waals surface area (Å²) in [6, 6.07) is 8.61. The second kappa shape index (κ2) is 8.22. The molecule has 1 N–H and O–H groups in total. The van der Waals surface area contributed by atoms with Gasteiger partial charge in [0, 0.05) is 36.4 Å². The van der Waals surface area contributed by atoms with Gasteiger partial charge in [0.1, 0.15) is 12.7 Å². The van der Waals surface area contributed by atoms with Crippen LogP contribution in [0.25, 0.3) is 5.69 Å². The lowest BCUT2D eigenvalue weighted by atomic mass is 10.0. The molecule has 0 bridgehead atoms. The second-order valence-corrected chi connectivity index (χ2v) is 8.27. The van der Waals surface area contributed by atoms with Gasteiger partial charge in [-0.1, -0.05) is 0 Å². The number of benzene rings is 1. The molecule has 7 heteroatoms. The lowest BCUT2D eigenvalue weighted by molar-refractivity contribution is 0.0886. The van der Waals surface area contributed by atoms with Crippen molar-refractivity contribution in [2.45, 2.75) is 37.8 Å². The Morgan fingerprint density at radius 3 is 2.31 bits per heavy atom. The molecule has 0 atom stereocenters. The summed E-state index contributed by atoms with van der Waals surface area (Å²) < 4.78 is 1.82. The van der Waals surface area contributed by atoms with Crippen LogP contribution in [-0.2, 0) is 0 Å². The molecular weight excluding hydrogens is 346 g/mol. The number of aromatic nitrogens is 3. The van der Waals surface area contributed by atoms with Crippen LogP contribution in [0.15, 0.2) is 36.9 Å². The maximum Gasteiger partial charge on any atom is 0.251 e. The second-order valence-electron chi connectivity index (χ2n) is 7.04. The standard InChI is InChI=1S/C19H25N5OS/c25-19(15-1-3-17(4-2-15)24-13-20-21-14-24)22-16-5-9-23(10-6-16)18-7-11-26-12-8-18/h1-4,13-14,16,18H,5-12H2,(H,22,25). The van der Waals surface area contributed by atoms with Gasteiger partial charge in [0.2, 0.25) is 0 Å². The van der Waals surface area contributed by atoms with Gasteiger partial charge in [-0.05, 0) is 61.5 Å². The summed E-state index contributed by atoms with van der Waals surface area (Å²) in [5.41, 5.74) is 1.65. The van der Waals surface area contributed by atoms with E-state index in [0.29, 0.717) is 5.56 Å². The van der Waals surface area contributed by atoms with Crippen molar-refractivity contribution in [3.05, 3.63) is 42.5 Å². The van der Waals surface area contributed by atoms with Crippen molar-refractivity contribution in [2.24, 2.45) is 0 Å². The molecular formula is C19H25N5OS. The van der Waals surface area contributed by atoms with Crippen LogP contribution in [0.2, 0.25) is 0 Å². The van der Waals surface area contributed by atoms with E-state index in [0.717, 1.165) is 37.7 Å². The van der Waals surface area contributed by atoms with Gasteiger partial charge >= 0.3 is 0 Å². The van der Waals surface area contributed by atoms with Gasteiger partial charge in [0.15, 0.2) is 0 Å². The minimum atomic E-state index is 0.0211. The molecule has 2 aliphatic rings. The van der Waals surface area contributed by atoms with Crippen LogP contribution in [0, 0.1) is 0 Å². The molecule has 2 saturated heterocycles. The zero-order valence-electron chi connectivity index (χ0n) is 14.9. The molecule has 0 unspecified atom stereocenters. The quantitative estimate of drug-likeness (QED) is 0.894. The highest BCUT2D eigenvalue weighted by atomic mass is 32.2. The summed E-state index contributed by atoms with van der Waals surface area (Å²) in [4.78, 5) is 15.2. The Morgan fingerprint density at radius 1 is 1.00 bits per heavy atom. The highest BCUT2D eigenvalue weighted by molar-refractivity contribution is 7.99. The lowest BCUT2D eigenvalue weighted by Gasteiger charge is -2.39. The largest absolute Gasteiger partial charge is 0.349 e. The molecule has 6 nitrogen and oxygen atoms in total. The maximum absolute atomic E-state index is 12.5. The molecule has 2 aliphatic heterocycles. The molecule has 1 amide bonds. The number of thioether (sulfide) groups is 1. The summed E-state index contributed by atoms with van der Waals surface area (Å²) in [7, 11) is 0. The SMILES string of the molecule is O=C(NC1CCN(C2CCSCC2)CC1)c1ccc(-n2cnnc2)cc1. The van der Waals surface area contributed by atoms with E-state index in [2.05, 4.69) is 32.2 Å². The number of hydrogen-bond donors (Lipinski definition) is 1. The Kier molecular flexibility index (Phi) is 5.55. The topological polar surface area (TPSA) is 63.1 Å². The Balaban J connectivity index is 1.28. The van der Waals surface area contributed by atoms with Gasteiger partial charge in [-0.2, -0.15) is 11.8 Å². The number of piperidine rings is 1. The predicted molar refractivity (Wildman–Crippen MR) is 104 cm³/mol. The molecule has 1 aromatic carbocycles. The van der Waals surface area contributed by atoms with E-state index >= 15 is 0 Å². The van der Waals surface area contributed by atoms with Crippen molar-refractivity contribution in [2.75, 3.05) is 24.6 Å². The summed E-state index contributed by atoms with van der Waals surface area (Å²) in [6.07, 6.45) is 8.03. The van der Waals surface area contributed by atoms with Gasteiger partial charge in [0.25, 0.3) is 5.91 Å². The van der Waals surface area contributed by atoms with E-state index in [9.17, 15) is 4.79 Å². The third-order valence-electron chi connectivity index (χ3n) is 5.42. The highest BCUT2D eigenvalue weighted by Gasteiger charge is 2.27. The molecule has 3 heterocycles. The fourth-order valence-electron chi connectivity index (χ4n) is 3.85. The van der Waals surface area contributed by atoms with Crippen LogP contribution in [-0.4, -0.2) is 62.3 Å². The Morgan fingerprint density at radius 2 is 1.65 bits per heavy atom. The van der Waals surface area contributed by atoms with Crippen LogP contribution in [0.3, 0.4) is 0 Å². The van der Waals surface area contributed by atoms with E-state index in [4.69, 9.17) is 0 Å². The summed E-state index contributed by atoms with van der Waals surface area (Å²) in [6.45, 7) is 2.21. The Labute approximate surface area is 158 Å². The molecule has 0 spiro atoms. The first-order valence-electron chi connectivity index (χ1n) is 9.37. The van der Waals surface area contributed by atoms with Crippen LogP contribution in [0.4, 0.5) is 0 Å². The van der Waals surface area contributed by atoms with E-state index in [-0.39, 0.29) is 11.9 Å². The normalized spacial score (nSPS) is 20.2. The van der Waals surface area contributed by atoms with Crippen molar-refractivity contribution < 1.29 is 4.79 Å². The molecule has 0 saturated carbocycles. The van der Waals surface area contributed by atoms with E-state index in [1.807, 2.05) is 28.8 Å². The number of nitrogens with zero attached hydrogens (tertiary/aromatic N) is 4. The zero-order valence-corrected chi connectivity index (χ0v) is 15.7. The third kappa shape index (κ3) is 4.10. The molecule has 2 aromatic rings. The van der Waals surface area contributed by atoms with Crippen molar-refractivity contribution >= 4 is 17.7 Å². The molecule has 0 radical (unpaired) electrons. The van der Waals surface area contributed by atoms with Gasteiger partial charge in [0.05, 0.1) is 0 Å². The molecule has 2 fully saturated rings. The maximum atomic E-state index is 12.5. The first-order chi connectivity index (χ1) is 12.8. The zero-order chi connectivity index (χ0) is 17.8. The first kappa shape index (κ1) is 17.5. The Bertz CT molecular complexity index is 704. The fraction of sp³-hybridized carbons (Fsp3) is 0.526. The molecule has 138 valence electrons. The minimum Gasteiger partial charge on any atom is -0.349 e. The number of nitrogens with one attached hydrogen (secondary N) is 1. The third-order valence-corrected chi connectivity index (χ3v) is 6.47.